The minimum Gasteiger partial charge on any atom is -0.478 e. The Balaban J connectivity index is 1.80. The number of hydrogen-bond donors (Lipinski definition) is 2. The first kappa shape index (κ1) is 20.9. The normalized spacial score (nSPS) is 17.4. The fourth-order valence-corrected chi connectivity index (χ4v) is 3.18. The maximum Gasteiger partial charge on any atom is 0.335 e. The van der Waals surface area contributed by atoms with Crippen LogP contribution in [0.3, 0.4) is 0 Å². The summed E-state index contributed by atoms with van der Waals surface area (Å²) >= 11 is 0. The molecule has 148 valence electrons. The number of likely N-dealkylation sites (tertiary alicyclic amines) is 1. The van der Waals surface area contributed by atoms with Gasteiger partial charge >= 0.3 is 5.97 Å². The van der Waals surface area contributed by atoms with Crippen molar-refractivity contribution in [1.29, 1.82) is 0 Å². The van der Waals surface area contributed by atoms with Crippen molar-refractivity contribution >= 4 is 17.8 Å². The predicted molar refractivity (Wildman–Crippen MR) is 103 cm³/mol. The van der Waals surface area contributed by atoms with Crippen molar-refractivity contribution in [3.05, 3.63) is 35.4 Å². The van der Waals surface area contributed by atoms with Gasteiger partial charge in [0.25, 0.3) is 0 Å². The number of nitrogens with zero attached hydrogens (tertiary/aromatic N) is 1. The number of carbonyl (C=O) groups excluding carboxylic acids is 2. The van der Waals surface area contributed by atoms with E-state index in [1.54, 1.807) is 24.3 Å². The van der Waals surface area contributed by atoms with Gasteiger partial charge in [-0.25, -0.2) is 4.79 Å². The minimum atomic E-state index is -0.949. The van der Waals surface area contributed by atoms with E-state index in [1.165, 1.54) is 0 Å². The van der Waals surface area contributed by atoms with Crippen LogP contribution in [0.4, 0.5) is 0 Å². The van der Waals surface area contributed by atoms with Crippen LogP contribution < -0.4 is 5.32 Å². The molecule has 6 nitrogen and oxygen atoms in total. The van der Waals surface area contributed by atoms with E-state index >= 15 is 0 Å². The molecule has 0 spiro atoms. The van der Waals surface area contributed by atoms with Crippen molar-refractivity contribution in [2.75, 3.05) is 19.6 Å². The van der Waals surface area contributed by atoms with E-state index < -0.39 is 11.4 Å². The molecule has 0 radical (unpaired) electrons. The third kappa shape index (κ3) is 6.38. The first-order valence-electron chi connectivity index (χ1n) is 9.55. The fourth-order valence-electron chi connectivity index (χ4n) is 3.18. The van der Waals surface area contributed by atoms with Crippen LogP contribution >= 0.6 is 0 Å². The molecule has 27 heavy (non-hydrogen) atoms. The second-order valence-electron chi connectivity index (χ2n) is 8.31. The number of rotatable bonds is 6. The van der Waals surface area contributed by atoms with Gasteiger partial charge in [0.2, 0.25) is 11.8 Å². The Hall–Kier alpha value is -2.37. The van der Waals surface area contributed by atoms with Crippen LogP contribution in [0.1, 0.15) is 56.0 Å². The second-order valence-corrected chi connectivity index (χ2v) is 8.31. The van der Waals surface area contributed by atoms with Crippen molar-refractivity contribution in [3.8, 4) is 0 Å². The zero-order chi connectivity index (χ0) is 20.0. The second kappa shape index (κ2) is 9.02. The average Bonchev–Trinajstić information content (AvgIpc) is 2.63. The Morgan fingerprint density at radius 2 is 1.85 bits per heavy atom. The highest BCUT2D eigenvalue weighted by Gasteiger charge is 2.26. The molecule has 2 rings (SSSR count). The van der Waals surface area contributed by atoms with Crippen LogP contribution in [-0.4, -0.2) is 47.4 Å². The Labute approximate surface area is 160 Å². The number of piperidine rings is 1. The Morgan fingerprint density at radius 1 is 1.19 bits per heavy atom. The molecule has 1 aliphatic rings. The van der Waals surface area contributed by atoms with Crippen molar-refractivity contribution in [1.82, 2.24) is 10.2 Å². The monoisotopic (exact) mass is 374 g/mol. The maximum absolute atomic E-state index is 12.5. The van der Waals surface area contributed by atoms with Crippen molar-refractivity contribution in [2.45, 2.75) is 46.5 Å². The molecule has 1 unspecified atom stereocenters. The molecule has 1 atom stereocenters. The topological polar surface area (TPSA) is 86.7 Å². The van der Waals surface area contributed by atoms with E-state index in [9.17, 15) is 14.4 Å². The predicted octanol–water partition coefficient (Wildman–Crippen LogP) is 2.72. The lowest BCUT2D eigenvalue weighted by molar-refractivity contribution is -0.133. The average molecular weight is 374 g/mol. The zero-order valence-corrected chi connectivity index (χ0v) is 16.5. The van der Waals surface area contributed by atoms with Crippen LogP contribution in [0.15, 0.2) is 24.3 Å². The fraction of sp³-hybridized carbons (Fsp3) is 0.571. The van der Waals surface area contributed by atoms with E-state index in [-0.39, 0.29) is 17.4 Å². The standard InChI is InChI=1S/C21H30N2O4/c1-21(2,3)20(27)22-13-16-5-4-12-23(14-16)18(24)11-8-15-6-9-17(10-7-15)19(25)26/h6-7,9-10,16H,4-5,8,11-14H2,1-3H3,(H,22,27)(H,25,26). The van der Waals surface area contributed by atoms with Gasteiger partial charge in [0.05, 0.1) is 5.56 Å². The lowest BCUT2D eigenvalue weighted by Gasteiger charge is -2.33. The summed E-state index contributed by atoms with van der Waals surface area (Å²) in [6, 6.07) is 6.66. The van der Waals surface area contributed by atoms with Gasteiger partial charge in [0.1, 0.15) is 0 Å². The molecule has 0 bridgehead atoms. The summed E-state index contributed by atoms with van der Waals surface area (Å²) in [7, 11) is 0. The zero-order valence-electron chi connectivity index (χ0n) is 16.5. The van der Waals surface area contributed by atoms with Crippen molar-refractivity contribution < 1.29 is 19.5 Å². The van der Waals surface area contributed by atoms with Crippen LogP contribution in [0, 0.1) is 11.3 Å². The summed E-state index contributed by atoms with van der Waals surface area (Å²) in [5.41, 5.74) is 0.806. The number of amides is 2. The van der Waals surface area contributed by atoms with E-state index in [0.717, 1.165) is 24.9 Å². The molecular weight excluding hydrogens is 344 g/mol. The molecule has 0 aliphatic carbocycles. The molecule has 1 saturated heterocycles. The number of carboxylic acid groups (broad SMARTS) is 1. The number of carbonyl (C=O) groups is 3. The summed E-state index contributed by atoms with van der Waals surface area (Å²) in [5, 5.41) is 11.9. The largest absolute Gasteiger partial charge is 0.478 e. The first-order chi connectivity index (χ1) is 12.7. The molecule has 1 aromatic carbocycles. The van der Waals surface area contributed by atoms with Gasteiger partial charge in [-0.15, -0.1) is 0 Å². The van der Waals surface area contributed by atoms with E-state index in [4.69, 9.17) is 5.11 Å². The summed E-state index contributed by atoms with van der Waals surface area (Å²) in [4.78, 5) is 37.3. The molecule has 1 aromatic rings. The van der Waals surface area contributed by atoms with Gasteiger partial charge in [0.15, 0.2) is 0 Å². The molecule has 2 amide bonds. The van der Waals surface area contributed by atoms with Gasteiger partial charge in [-0.3, -0.25) is 9.59 Å². The van der Waals surface area contributed by atoms with Gasteiger partial charge in [-0.05, 0) is 42.9 Å². The highest BCUT2D eigenvalue weighted by atomic mass is 16.4. The summed E-state index contributed by atoms with van der Waals surface area (Å²) in [6.07, 6.45) is 2.98. The Kier molecular flexibility index (Phi) is 6.99. The maximum atomic E-state index is 12.5. The van der Waals surface area contributed by atoms with E-state index in [2.05, 4.69) is 5.32 Å². The number of aryl methyl sites for hydroxylation is 1. The van der Waals surface area contributed by atoms with Gasteiger partial charge in [-0.1, -0.05) is 32.9 Å². The lowest BCUT2D eigenvalue weighted by atomic mass is 9.94. The third-order valence-electron chi connectivity index (χ3n) is 4.93. The van der Waals surface area contributed by atoms with Gasteiger partial charge in [0, 0.05) is 31.5 Å². The SMILES string of the molecule is CC(C)(C)C(=O)NCC1CCCN(C(=O)CCc2ccc(C(=O)O)cc2)C1. The number of benzene rings is 1. The lowest BCUT2D eigenvalue weighted by Crippen LogP contribution is -2.45. The van der Waals surface area contributed by atoms with Crippen molar-refractivity contribution in [2.24, 2.45) is 11.3 Å². The van der Waals surface area contributed by atoms with Gasteiger partial charge < -0.3 is 15.3 Å². The number of nitrogens with one attached hydrogen (secondary N) is 1. The van der Waals surface area contributed by atoms with Crippen LogP contribution in [0.2, 0.25) is 0 Å². The third-order valence-corrected chi connectivity index (χ3v) is 4.93. The molecule has 2 N–H and O–H groups in total. The number of carboxylic acids is 1. The molecular formula is C21H30N2O4. The molecule has 1 fully saturated rings. The summed E-state index contributed by atoms with van der Waals surface area (Å²) < 4.78 is 0. The molecule has 0 aromatic heterocycles. The van der Waals surface area contributed by atoms with Crippen molar-refractivity contribution in [3.63, 3.8) is 0 Å². The van der Waals surface area contributed by atoms with E-state index in [0.29, 0.717) is 31.8 Å². The van der Waals surface area contributed by atoms with E-state index in [1.807, 2.05) is 25.7 Å². The Morgan fingerprint density at radius 3 is 2.44 bits per heavy atom. The molecule has 1 aliphatic heterocycles. The quantitative estimate of drug-likeness (QED) is 0.801. The van der Waals surface area contributed by atoms with Crippen LogP contribution in [0.25, 0.3) is 0 Å². The highest BCUT2D eigenvalue weighted by Crippen LogP contribution is 2.19. The first-order valence-corrected chi connectivity index (χ1v) is 9.55. The Bertz CT molecular complexity index is 676. The summed E-state index contributed by atoms with van der Waals surface area (Å²) in [6.45, 7) is 7.73. The van der Waals surface area contributed by atoms with Crippen LogP contribution in [-0.2, 0) is 16.0 Å². The number of aromatic carboxylic acids is 1. The van der Waals surface area contributed by atoms with Crippen LogP contribution in [0.5, 0.6) is 0 Å². The van der Waals surface area contributed by atoms with Gasteiger partial charge in [-0.2, -0.15) is 0 Å². The minimum absolute atomic E-state index is 0.0377. The molecule has 0 saturated carbocycles. The number of hydrogen-bond acceptors (Lipinski definition) is 3. The highest BCUT2D eigenvalue weighted by molar-refractivity contribution is 5.87. The smallest absolute Gasteiger partial charge is 0.335 e. The molecule has 1 heterocycles. The summed E-state index contributed by atoms with van der Waals surface area (Å²) in [5.74, 6) is -0.501. The molecule has 6 heteroatoms.